The van der Waals surface area contributed by atoms with Crippen LogP contribution < -0.4 is 9.47 Å². The van der Waals surface area contributed by atoms with E-state index in [1.54, 1.807) is 10.9 Å². The Labute approximate surface area is 176 Å². The zero-order valence-electron chi connectivity index (χ0n) is 15.1. The fraction of sp³-hybridized carbons (Fsp3) is 0.150. The van der Waals surface area contributed by atoms with Crippen molar-refractivity contribution in [1.82, 2.24) is 14.9 Å². The van der Waals surface area contributed by atoms with Gasteiger partial charge in [-0.15, -0.1) is 6.42 Å². The van der Waals surface area contributed by atoms with Crippen molar-refractivity contribution in [1.29, 1.82) is 0 Å². The van der Waals surface area contributed by atoms with Gasteiger partial charge in [0.05, 0.1) is 17.3 Å². The second-order valence-electron chi connectivity index (χ2n) is 5.53. The smallest absolute Gasteiger partial charge is 0.216 e. The van der Waals surface area contributed by atoms with E-state index in [0.29, 0.717) is 33.2 Å². The average molecular weight is 457 g/mol. The van der Waals surface area contributed by atoms with Crippen LogP contribution in [0.3, 0.4) is 0 Å². The fourth-order valence-electron chi connectivity index (χ4n) is 2.48. The molecule has 0 saturated heterocycles. The summed E-state index contributed by atoms with van der Waals surface area (Å²) in [4.78, 5) is 0. The largest absolute Gasteiger partial charge is 0.490 e. The number of ether oxygens (including phenoxy) is 2. The van der Waals surface area contributed by atoms with Crippen molar-refractivity contribution in [2.45, 2.75) is 6.92 Å². The normalized spacial score (nSPS) is 10.8. The van der Waals surface area contributed by atoms with Gasteiger partial charge in [0.15, 0.2) is 17.3 Å². The van der Waals surface area contributed by atoms with E-state index >= 15 is 0 Å². The number of H-pyrrole nitrogens is 1. The van der Waals surface area contributed by atoms with Gasteiger partial charge in [-0.05, 0) is 52.8 Å². The van der Waals surface area contributed by atoms with Gasteiger partial charge in [-0.3, -0.25) is 0 Å². The van der Waals surface area contributed by atoms with Gasteiger partial charge in [0, 0.05) is 5.56 Å². The minimum absolute atomic E-state index is 0.150. The summed E-state index contributed by atoms with van der Waals surface area (Å²) in [5, 5.41) is 11.5. The lowest BCUT2D eigenvalue weighted by molar-refractivity contribution is 0.298. The highest BCUT2D eigenvalue weighted by atomic mass is 79.9. The van der Waals surface area contributed by atoms with Crippen molar-refractivity contribution < 1.29 is 9.47 Å². The van der Waals surface area contributed by atoms with Gasteiger partial charge in [0.2, 0.25) is 4.77 Å². The second kappa shape index (κ2) is 9.35. The second-order valence-corrected chi connectivity index (χ2v) is 6.77. The van der Waals surface area contributed by atoms with E-state index in [-0.39, 0.29) is 6.61 Å². The fourth-order valence-corrected chi connectivity index (χ4v) is 3.23. The number of hydrogen-bond acceptors (Lipinski definition) is 5. The van der Waals surface area contributed by atoms with Crippen molar-refractivity contribution >= 4 is 34.4 Å². The third kappa shape index (κ3) is 4.50. The molecule has 2 aromatic carbocycles. The van der Waals surface area contributed by atoms with Crippen molar-refractivity contribution in [2.24, 2.45) is 5.10 Å². The summed E-state index contributed by atoms with van der Waals surface area (Å²) < 4.78 is 13.9. The number of aromatic nitrogens is 3. The van der Waals surface area contributed by atoms with E-state index in [2.05, 4.69) is 37.1 Å². The molecule has 0 aliphatic rings. The molecule has 0 radical (unpaired) electrons. The predicted octanol–water partition coefficient (Wildman–Crippen LogP) is 4.66. The molecule has 142 valence electrons. The Morgan fingerprint density at radius 1 is 1.32 bits per heavy atom. The number of rotatable bonds is 7. The molecule has 0 fully saturated rings. The van der Waals surface area contributed by atoms with E-state index in [4.69, 9.17) is 28.1 Å². The van der Waals surface area contributed by atoms with Gasteiger partial charge in [-0.2, -0.15) is 14.9 Å². The quantitative estimate of drug-likeness (QED) is 0.318. The van der Waals surface area contributed by atoms with Crippen LogP contribution in [-0.2, 0) is 0 Å². The summed E-state index contributed by atoms with van der Waals surface area (Å²) in [7, 11) is 0. The van der Waals surface area contributed by atoms with Gasteiger partial charge in [0.25, 0.3) is 0 Å². The number of benzene rings is 2. The summed E-state index contributed by atoms with van der Waals surface area (Å²) in [6.45, 7) is 2.54. The summed E-state index contributed by atoms with van der Waals surface area (Å²) >= 11 is 8.81. The lowest BCUT2D eigenvalue weighted by atomic mass is 10.2. The Morgan fingerprint density at radius 2 is 2.11 bits per heavy atom. The molecular formula is C20H17BrN4O2S. The summed E-state index contributed by atoms with van der Waals surface area (Å²) in [6, 6.07) is 13.4. The molecule has 0 spiro atoms. The molecule has 0 amide bonds. The average Bonchev–Trinajstić information content (AvgIpc) is 3.07. The highest BCUT2D eigenvalue weighted by Crippen LogP contribution is 2.36. The first-order chi connectivity index (χ1) is 13.6. The lowest BCUT2D eigenvalue weighted by Crippen LogP contribution is -2.01. The van der Waals surface area contributed by atoms with E-state index in [1.807, 2.05) is 49.4 Å². The standard InChI is InChI=1S/C20H17BrN4O2S/c1-3-10-27-18-16(21)11-14(12-17(18)26-4-2)13-22-25-19(23-24-20(25)28)15-8-6-5-7-9-15/h1,5-9,11-13H,4,10H2,2H3,(H,24,28)/b22-13-. The number of nitrogens with one attached hydrogen (secondary N) is 1. The minimum Gasteiger partial charge on any atom is -0.490 e. The van der Waals surface area contributed by atoms with Gasteiger partial charge >= 0.3 is 0 Å². The van der Waals surface area contributed by atoms with Crippen LogP contribution in [0.15, 0.2) is 52.0 Å². The number of hydrogen-bond donors (Lipinski definition) is 1. The first-order valence-corrected chi connectivity index (χ1v) is 9.64. The third-order valence-electron chi connectivity index (χ3n) is 3.64. The Bertz CT molecular complexity index is 1080. The van der Waals surface area contributed by atoms with E-state index in [9.17, 15) is 0 Å². The highest BCUT2D eigenvalue weighted by Gasteiger charge is 2.12. The summed E-state index contributed by atoms with van der Waals surface area (Å²) in [5.74, 6) is 4.21. The van der Waals surface area contributed by atoms with Crippen molar-refractivity contribution in [3.63, 3.8) is 0 Å². The van der Waals surface area contributed by atoms with Crippen LogP contribution in [0.1, 0.15) is 12.5 Å². The lowest BCUT2D eigenvalue weighted by Gasteiger charge is -2.13. The van der Waals surface area contributed by atoms with Crippen molar-refractivity contribution in [3.8, 4) is 35.2 Å². The molecule has 1 aromatic heterocycles. The molecule has 3 aromatic rings. The summed E-state index contributed by atoms with van der Waals surface area (Å²) in [5.41, 5.74) is 1.70. The molecule has 0 atom stereocenters. The van der Waals surface area contributed by atoms with Crippen molar-refractivity contribution in [2.75, 3.05) is 13.2 Å². The van der Waals surface area contributed by atoms with Crippen LogP contribution in [-0.4, -0.2) is 34.3 Å². The summed E-state index contributed by atoms with van der Waals surface area (Å²) in [6.07, 6.45) is 6.96. The first kappa shape index (κ1) is 19.9. The number of aromatic amines is 1. The molecule has 0 unspecified atom stereocenters. The van der Waals surface area contributed by atoms with Crippen LogP contribution in [0.5, 0.6) is 11.5 Å². The molecule has 28 heavy (non-hydrogen) atoms. The van der Waals surface area contributed by atoms with Gasteiger partial charge < -0.3 is 9.47 Å². The zero-order chi connectivity index (χ0) is 19.9. The maximum atomic E-state index is 5.68. The topological polar surface area (TPSA) is 64.4 Å². The van der Waals surface area contributed by atoms with Crippen LogP contribution >= 0.6 is 28.1 Å². The Kier molecular flexibility index (Phi) is 6.63. The molecule has 1 heterocycles. The molecule has 1 N–H and O–H groups in total. The van der Waals surface area contributed by atoms with Gasteiger partial charge in [-0.1, -0.05) is 36.3 Å². The molecule has 0 aliphatic carbocycles. The maximum absolute atomic E-state index is 5.68. The van der Waals surface area contributed by atoms with E-state index < -0.39 is 0 Å². The van der Waals surface area contributed by atoms with E-state index in [1.165, 1.54) is 0 Å². The molecule has 0 bridgehead atoms. The van der Waals surface area contributed by atoms with E-state index in [0.717, 1.165) is 11.1 Å². The Hall–Kier alpha value is -2.89. The molecule has 6 nitrogen and oxygen atoms in total. The van der Waals surface area contributed by atoms with Crippen molar-refractivity contribution in [3.05, 3.63) is 57.3 Å². The molecule has 0 aliphatic heterocycles. The zero-order valence-corrected chi connectivity index (χ0v) is 17.5. The number of terminal acetylenes is 1. The number of nitrogens with zero attached hydrogens (tertiary/aromatic N) is 3. The van der Waals surface area contributed by atoms with Crippen LogP contribution in [0.25, 0.3) is 11.4 Å². The molecule has 0 saturated carbocycles. The molecular weight excluding hydrogens is 440 g/mol. The van der Waals surface area contributed by atoms with Crippen LogP contribution in [0.4, 0.5) is 0 Å². The maximum Gasteiger partial charge on any atom is 0.216 e. The first-order valence-electron chi connectivity index (χ1n) is 8.43. The SMILES string of the molecule is C#CCOc1c(Br)cc(/C=N\n2c(-c3ccccc3)n[nH]c2=S)cc1OCC. The number of halogens is 1. The van der Waals surface area contributed by atoms with Gasteiger partial charge in [0.1, 0.15) is 6.61 Å². The monoisotopic (exact) mass is 456 g/mol. The third-order valence-corrected chi connectivity index (χ3v) is 4.49. The molecule has 8 heteroatoms. The molecule has 3 rings (SSSR count). The highest BCUT2D eigenvalue weighted by molar-refractivity contribution is 9.10. The Balaban J connectivity index is 1.96. The minimum atomic E-state index is 0.150. The Morgan fingerprint density at radius 3 is 2.82 bits per heavy atom. The van der Waals surface area contributed by atoms with Crippen LogP contribution in [0.2, 0.25) is 0 Å². The van der Waals surface area contributed by atoms with Crippen LogP contribution in [0, 0.1) is 17.1 Å². The van der Waals surface area contributed by atoms with Gasteiger partial charge in [-0.25, -0.2) is 5.10 Å². The predicted molar refractivity (Wildman–Crippen MR) is 115 cm³/mol.